The standard InChI is InChI=1S/C12H16N2O/c1-10(9-15)12(7-13)14-8-11-5-3-2-4-6-11/h2-6,10,12,14-15H,8-9H2,1H3. The van der Waals surface area contributed by atoms with Gasteiger partial charge in [-0.3, -0.25) is 5.32 Å². The molecular formula is C12H16N2O. The summed E-state index contributed by atoms with van der Waals surface area (Å²) < 4.78 is 0. The largest absolute Gasteiger partial charge is 0.396 e. The zero-order valence-electron chi connectivity index (χ0n) is 8.85. The van der Waals surface area contributed by atoms with Crippen LogP contribution < -0.4 is 5.32 Å². The first-order valence-electron chi connectivity index (χ1n) is 5.05. The molecule has 0 aliphatic rings. The van der Waals surface area contributed by atoms with Crippen LogP contribution in [0.2, 0.25) is 0 Å². The molecule has 0 saturated carbocycles. The van der Waals surface area contributed by atoms with Crippen molar-refractivity contribution in [2.24, 2.45) is 5.92 Å². The van der Waals surface area contributed by atoms with Crippen molar-refractivity contribution in [3.05, 3.63) is 35.9 Å². The Kier molecular flexibility index (Phi) is 4.82. The van der Waals surface area contributed by atoms with E-state index in [-0.39, 0.29) is 18.6 Å². The number of hydrogen-bond acceptors (Lipinski definition) is 3. The highest BCUT2D eigenvalue weighted by molar-refractivity contribution is 5.14. The molecule has 2 atom stereocenters. The minimum absolute atomic E-state index is 0.0278. The molecule has 2 N–H and O–H groups in total. The van der Waals surface area contributed by atoms with Crippen LogP contribution in [-0.2, 0) is 6.54 Å². The van der Waals surface area contributed by atoms with Gasteiger partial charge in [0.25, 0.3) is 0 Å². The van der Waals surface area contributed by atoms with Crippen molar-refractivity contribution in [1.82, 2.24) is 5.32 Å². The van der Waals surface area contributed by atoms with Crippen molar-refractivity contribution in [2.45, 2.75) is 19.5 Å². The Balaban J connectivity index is 2.46. The van der Waals surface area contributed by atoms with E-state index in [0.717, 1.165) is 5.56 Å². The van der Waals surface area contributed by atoms with Crippen LogP contribution in [0.5, 0.6) is 0 Å². The number of nitrogens with zero attached hydrogens (tertiary/aromatic N) is 1. The molecule has 0 heterocycles. The van der Waals surface area contributed by atoms with Crippen LogP contribution >= 0.6 is 0 Å². The lowest BCUT2D eigenvalue weighted by molar-refractivity contribution is 0.217. The van der Waals surface area contributed by atoms with E-state index in [0.29, 0.717) is 6.54 Å². The molecule has 0 aromatic heterocycles. The average molecular weight is 204 g/mol. The fourth-order valence-electron chi connectivity index (χ4n) is 1.30. The van der Waals surface area contributed by atoms with Gasteiger partial charge in [0.1, 0.15) is 6.04 Å². The number of hydrogen-bond donors (Lipinski definition) is 2. The molecule has 0 saturated heterocycles. The maximum Gasteiger partial charge on any atom is 0.100 e. The summed E-state index contributed by atoms with van der Waals surface area (Å²) in [7, 11) is 0. The molecule has 0 radical (unpaired) electrons. The number of rotatable bonds is 5. The molecule has 1 aromatic carbocycles. The second-order valence-corrected chi connectivity index (χ2v) is 3.63. The molecule has 2 unspecified atom stereocenters. The molecule has 0 spiro atoms. The van der Waals surface area contributed by atoms with Crippen molar-refractivity contribution in [2.75, 3.05) is 6.61 Å². The SMILES string of the molecule is CC(CO)C(C#N)NCc1ccccc1. The van der Waals surface area contributed by atoms with Gasteiger partial charge in [-0.1, -0.05) is 37.3 Å². The molecule has 80 valence electrons. The van der Waals surface area contributed by atoms with Crippen LogP contribution in [0, 0.1) is 17.2 Å². The summed E-state index contributed by atoms with van der Waals surface area (Å²) in [4.78, 5) is 0. The molecule has 0 amide bonds. The zero-order valence-corrected chi connectivity index (χ0v) is 8.85. The fraction of sp³-hybridized carbons (Fsp3) is 0.417. The second-order valence-electron chi connectivity index (χ2n) is 3.63. The third-order valence-corrected chi connectivity index (χ3v) is 2.37. The Labute approximate surface area is 90.4 Å². The molecule has 3 nitrogen and oxygen atoms in total. The Morgan fingerprint density at radius 3 is 2.60 bits per heavy atom. The summed E-state index contributed by atoms with van der Waals surface area (Å²) in [5, 5.41) is 20.9. The Morgan fingerprint density at radius 2 is 2.07 bits per heavy atom. The van der Waals surface area contributed by atoms with Crippen LogP contribution in [0.3, 0.4) is 0 Å². The van der Waals surface area contributed by atoms with E-state index in [4.69, 9.17) is 10.4 Å². The normalized spacial score (nSPS) is 14.2. The van der Waals surface area contributed by atoms with Gasteiger partial charge < -0.3 is 5.11 Å². The van der Waals surface area contributed by atoms with Gasteiger partial charge in [-0.2, -0.15) is 5.26 Å². The predicted octanol–water partition coefficient (Wildman–Crippen LogP) is 1.30. The van der Waals surface area contributed by atoms with E-state index in [1.54, 1.807) is 0 Å². The Hall–Kier alpha value is -1.37. The Bertz CT molecular complexity index is 318. The van der Waals surface area contributed by atoms with Gasteiger partial charge >= 0.3 is 0 Å². The summed E-state index contributed by atoms with van der Waals surface area (Å²) >= 11 is 0. The lowest BCUT2D eigenvalue weighted by Gasteiger charge is -2.16. The molecule has 0 aliphatic carbocycles. The highest BCUT2D eigenvalue weighted by Crippen LogP contribution is 2.03. The fourth-order valence-corrected chi connectivity index (χ4v) is 1.30. The topological polar surface area (TPSA) is 56.0 Å². The van der Waals surface area contributed by atoms with Crippen molar-refractivity contribution in [3.8, 4) is 6.07 Å². The summed E-state index contributed by atoms with van der Waals surface area (Å²) in [5.74, 6) is -0.0429. The van der Waals surface area contributed by atoms with E-state index in [1.165, 1.54) is 0 Å². The highest BCUT2D eigenvalue weighted by Gasteiger charge is 2.14. The van der Waals surface area contributed by atoms with Crippen molar-refractivity contribution < 1.29 is 5.11 Å². The van der Waals surface area contributed by atoms with Gasteiger partial charge in [-0.25, -0.2) is 0 Å². The first kappa shape index (κ1) is 11.7. The van der Waals surface area contributed by atoms with Crippen molar-refractivity contribution in [3.63, 3.8) is 0 Å². The lowest BCUT2D eigenvalue weighted by atomic mass is 10.0. The third kappa shape index (κ3) is 3.70. The number of nitrogens with one attached hydrogen (secondary N) is 1. The summed E-state index contributed by atoms with van der Waals surface area (Å²) in [6.45, 7) is 2.54. The van der Waals surface area contributed by atoms with Gasteiger partial charge in [-0.05, 0) is 5.56 Å². The molecule has 0 fully saturated rings. The van der Waals surface area contributed by atoms with E-state index >= 15 is 0 Å². The van der Waals surface area contributed by atoms with Crippen LogP contribution in [-0.4, -0.2) is 17.8 Å². The van der Waals surface area contributed by atoms with Gasteiger partial charge in [0, 0.05) is 19.1 Å². The first-order chi connectivity index (χ1) is 7.27. The monoisotopic (exact) mass is 204 g/mol. The molecular weight excluding hydrogens is 188 g/mol. The smallest absolute Gasteiger partial charge is 0.100 e. The molecule has 1 rings (SSSR count). The predicted molar refractivity (Wildman–Crippen MR) is 58.9 cm³/mol. The number of benzene rings is 1. The average Bonchev–Trinajstić information content (AvgIpc) is 2.31. The molecule has 0 aliphatic heterocycles. The van der Waals surface area contributed by atoms with Crippen LogP contribution in [0.1, 0.15) is 12.5 Å². The summed E-state index contributed by atoms with van der Waals surface area (Å²) in [6.07, 6.45) is 0. The van der Waals surface area contributed by atoms with Gasteiger partial charge in [-0.15, -0.1) is 0 Å². The third-order valence-electron chi connectivity index (χ3n) is 2.37. The van der Waals surface area contributed by atoms with Crippen LogP contribution in [0.15, 0.2) is 30.3 Å². The summed E-state index contributed by atoms with van der Waals surface area (Å²) in [5.41, 5.74) is 1.14. The van der Waals surface area contributed by atoms with Gasteiger partial charge in [0.15, 0.2) is 0 Å². The van der Waals surface area contributed by atoms with Crippen LogP contribution in [0.25, 0.3) is 0 Å². The number of nitriles is 1. The van der Waals surface area contributed by atoms with E-state index in [9.17, 15) is 0 Å². The van der Waals surface area contributed by atoms with Crippen molar-refractivity contribution >= 4 is 0 Å². The van der Waals surface area contributed by atoms with E-state index in [1.807, 2.05) is 37.3 Å². The van der Waals surface area contributed by atoms with E-state index in [2.05, 4.69) is 11.4 Å². The minimum atomic E-state index is -0.296. The van der Waals surface area contributed by atoms with Gasteiger partial charge in [0.05, 0.1) is 6.07 Å². The molecule has 15 heavy (non-hydrogen) atoms. The van der Waals surface area contributed by atoms with Crippen LogP contribution in [0.4, 0.5) is 0 Å². The maximum atomic E-state index is 8.94. The zero-order chi connectivity index (χ0) is 11.1. The minimum Gasteiger partial charge on any atom is -0.396 e. The van der Waals surface area contributed by atoms with Crippen molar-refractivity contribution in [1.29, 1.82) is 5.26 Å². The molecule has 1 aromatic rings. The lowest BCUT2D eigenvalue weighted by Crippen LogP contribution is -2.34. The molecule has 0 bridgehead atoms. The quantitative estimate of drug-likeness (QED) is 0.760. The number of aliphatic hydroxyl groups is 1. The highest BCUT2D eigenvalue weighted by atomic mass is 16.3. The van der Waals surface area contributed by atoms with E-state index < -0.39 is 0 Å². The summed E-state index contributed by atoms with van der Waals surface area (Å²) in [6, 6.07) is 11.8. The Morgan fingerprint density at radius 1 is 1.40 bits per heavy atom. The van der Waals surface area contributed by atoms with Gasteiger partial charge in [0.2, 0.25) is 0 Å². The maximum absolute atomic E-state index is 8.94. The molecule has 3 heteroatoms. The first-order valence-corrected chi connectivity index (χ1v) is 5.05. The number of aliphatic hydroxyl groups excluding tert-OH is 1. The second kappa shape index (κ2) is 6.18.